The van der Waals surface area contributed by atoms with Crippen LogP contribution in [0.3, 0.4) is 0 Å². The molecule has 4 aromatic rings. The van der Waals surface area contributed by atoms with Crippen LogP contribution in [0.1, 0.15) is 28.5 Å². The first-order valence-electron chi connectivity index (χ1n) is 9.03. The minimum absolute atomic E-state index is 0.148. The lowest BCUT2D eigenvalue weighted by molar-refractivity contribution is -0.113. The lowest BCUT2D eigenvalue weighted by atomic mass is 10.3. The molecule has 0 saturated carbocycles. The van der Waals surface area contributed by atoms with Crippen LogP contribution in [0.25, 0.3) is 10.2 Å². The van der Waals surface area contributed by atoms with Gasteiger partial charge in [0, 0.05) is 7.05 Å². The number of amides is 2. The Labute approximate surface area is 184 Å². The molecule has 1 unspecified atom stereocenters. The third-order valence-electron chi connectivity index (χ3n) is 4.22. The van der Waals surface area contributed by atoms with Crippen LogP contribution in [0.5, 0.6) is 0 Å². The summed E-state index contributed by atoms with van der Waals surface area (Å²) in [4.78, 5) is 29.6. The second kappa shape index (κ2) is 8.94. The quantitative estimate of drug-likeness (QED) is 0.410. The van der Waals surface area contributed by atoms with Gasteiger partial charge in [-0.05, 0) is 30.5 Å². The molecule has 2 N–H and O–H groups in total. The summed E-state index contributed by atoms with van der Waals surface area (Å²) in [5.74, 6) is 0.485. The van der Waals surface area contributed by atoms with Crippen molar-refractivity contribution >= 4 is 61.6 Å². The Kier molecular flexibility index (Phi) is 6.11. The Morgan fingerprint density at radius 3 is 2.80 bits per heavy atom. The van der Waals surface area contributed by atoms with E-state index >= 15 is 0 Å². The number of thiophene rings is 1. The number of para-hydroxylation sites is 1. The Balaban J connectivity index is 1.34. The number of nitrogens with one attached hydrogen (secondary N) is 2. The predicted molar refractivity (Wildman–Crippen MR) is 120 cm³/mol. The van der Waals surface area contributed by atoms with Crippen LogP contribution in [0.15, 0.2) is 46.9 Å². The zero-order chi connectivity index (χ0) is 21.1. The van der Waals surface area contributed by atoms with Crippen LogP contribution in [0.4, 0.5) is 5.13 Å². The minimum atomic E-state index is -0.317. The van der Waals surface area contributed by atoms with E-state index < -0.39 is 0 Å². The van der Waals surface area contributed by atoms with E-state index in [4.69, 9.17) is 0 Å². The third kappa shape index (κ3) is 4.53. The summed E-state index contributed by atoms with van der Waals surface area (Å²) in [6.07, 6.45) is 0. The number of hydrogen-bond acceptors (Lipinski definition) is 8. The van der Waals surface area contributed by atoms with E-state index in [0.29, 0.717) is 21.0 Å². The van der Waals surface area contributed by atoms with Gasteiger partial charge in [0.25, 0.3) is 5.91 Å². The highest BCUT2D eigenvalue weighted by molar-refractivity contribution is 7.99. The van der Waals surface area contributed by atoms with Crippen LogP contribution in [0, 0.1) is 0 Å². The lowest BCUT2D eigenvalue weighted by Gasteiger charge is -2.12. The average Bonchev–Trinajstić information content (AvgIpc) is 3.46. The summed E-state index contributed by atoms with van der Waals surface area (Å²) in [7, 11) is 1.82. The molecule has 154 valence electrons. The Bertz CT molecular complexity index is 1150. The van der Waals surface area contributed by atoms with Crippen molar-refractivity contribution in [1.29, 1.82) is 0 Å². The molecule has 0 bridgehead atoms. The number of carbonyl (C=O) groups excluding carboxylic acids is 2. The fourth-order valence-corrected chi connectivity index (χ4v) is 5.01. The number of benzene rings is 1. The molecule has 1 atom stereocenters. The molecule has 0 fully saturated rings. The standard InChI is InChI=1S/C19H18N6O2S3/c1-11(20-17(27)14-8-5-9-28-14)16-23-24-19(25(16)2)29-10-15(26)22-18-21-12-6-3-4-7-13(12)30-18/h3-9,11H,10H2,1-2H3,(H,20,27)(H,21,22,26). The Morgan fingerprint density at radius 2 is 2.03 bits per heavy atom. The molecule has 3 heterocycles. The van der Waals surface area contributed by atoms with Gasteiger partial charge in [-0.15, -0.1) is 21.5 Å². The van der Waals surface area contributed by atoms with Gasteiger partial charge in [0.1, 0.15) is 0 Å². The minimum Gasteiger partial charge on any atom is -0.342 e. The van der Waals surface area contributed by atoms with Crippen molar-refractivity contribution in [2.24, 2.45) is 7.05 Å². The molecule has 3 aromatic heterocycles. The number of nitrogens with zero attached hydrogens (tertiary/aromatic N) is 4. The predicted octanol–water partition coefficient (Wildman–Crippen LogP) is 3.71. The number of hydrogen-bond donors (Lipinski definition) is 2. The van der Waals surface area contributed by atoms with Gasteiger partial charge in [-0.1, -0.05) is 41.3 Å². The van der Waals surface area contributed by atoms with Gasteiger partial charge in [-0.3, -0.25) is 9.59 Å². The van der Waals surface area contributed by atoms with Crippen molar-refractivity contribution in [3.63, 3.8) is 0 Å². The highest BCUT2D eigenvalue weighted by atomic mass is 32.2. The molecule has 2 amide bonds. The van der Waals surface area contributed by atoms with E-state index in [1.165, 1.54) is 34.4 Å². The number of thioether (sulfide) groups is 1. The fraction of sp³-hybridized carbons (Fsp3) is 0.211. The topological polar surface area (TPSA) is 102 Å². The monoisotopic (exact) mass is 458 g/mol. The number of aromatic nitrogens is 4. The van der Waals surface area contributed by atoms with Crippen molar-refractivity contribution in [3.8, 4) is 0 Å². The van der Waals surface area contributed by atoms with Gasteiger partial charge in [-0.2, -0.15) is 0 Å². The smallest absolute Gasteiger partial charge is 0.261 e. The van der Waals surface area contributed by atoms with Gasteiger partial charge in [0.05, 0.1) is 26.9 Å². The van der Waals surface area contributed by atoms with Crippen LogP contribution in [-0.4, -0.2) is 37.3 Å². The Morgan fingerprint density at radius 1 is 1.20 bits per heavy atom. The number of carbonyl (C=O) groups is 2. The van der Waals surface area contributed by atoms with Gasteiger partial charge in [0.15, 0.2) is 16.1 Å². The third-order valence-corrected chi connectivity index (χ3v) is 7.06. The highest BCUT2D eigenvalue weighted by Gasteiger charge is 2.19. The normalized spacial score (nSPS) is 12.1. The summed E-state index contributed by atoms with van der Waals surface area (Å²) in [5.41, 5.74) is 0.863. The first-order valence-corrected chi connectivity index (χ1v) is 11.7. The summed E-state index contributed by atoms with van der Waals surface area (Å²) in [6.45, 7) is 1.85. The number of anilines is 1. The van der Waals surface area contributed by atoms with E-state index in [1.807, 2.05) is 49.7 Å². The van der Waals surface area contributed by atoms with Crippen molar-refractivity contribution in [2.45, 2.75) is 18.1 Å². The zero-order valence-electron chi connectivity index (χ0n) is 16.2. The summed E-state index contributed by atoms with van der Waals surface area (Å²) in [5, 5.41) is 17.1. The summed E-state index contributed by atoms with van der Waals surface area (Å²) >= 11 is 4.10. The molecular formula is C19H18N6O2S3. The molecule has 4 rings (SSSR count). The number of thiazole rings is 1. The summed E-state index contributed by atoms with van der Waals surface area (Å²) in [6, 6.07) is 11.0. The van der Waals surface area contributed by atoms with Crippen LogP contribution in [-0.2, 0) is 11.8 Å². The van der Waals surface area contributed by atoms with E-state index in [2.05, 4.69) is 25.8 Å². The van der Waals surface area contributed by atoms with Crippen LogP contribution < -0.4 is 10.6 Å². The van der Waals surface area contributed by atoms with Crippen molar-refractivity contribution in [3.05, 3.63) is 52.5 Å². The molecule has 0 radical (unpaired) electrons. The number of fused-ring (bicyclic) bond motifs is 1. The van der Waals surface area contributed by atoms with Gasteiger partial charge >= 0.3 is 0 Å². The maximum atomic E-state index is 12.3. The van der Waals surface area contributed by atoms with Crippen molar-refractivity contribution in [2.75, 3.05) is 11.1 Å². The lowest BCUT2D eigenvalue weighted by Crippen LogP contribution is -2.27. The first kappa shape index (κ1) is 20.5. The van der Waals surface area contributed by atoms with E-state index in [9.17, 15) is 9.59 Å². The number of rotatable bonds is 7. The molecule has 0 aliphatic carbocycles. The van der Waals surface area contributed by atoms with Gasteiger partial charge < -0.3 is 15.2 Å². The average molecular weight is 459 g/mol. The SMILES string of the molecule is CC(NC(=O)c1cccs1)c1nnc(SCC(=O)Nc2nc3ccccc3s2)n1C. The molecular weight excluding hydrogens is 440 g/mol. The zero-order valence-corrected chi connectivity index (χ0v) is 18.6. The van der Waals surface area contributed by atoms with Crippen molar-refractivity contribution in [1.82, 2.24) is 25.1 Å². The van der Waals surface area contributed by atoms with E-state index in [0.717, 1.165) is 10.2 Å². The first-order chi connectivity index (χ1) is 14.5. The molecule has 11 heteroatoms. The van der Waals surface area contributed by atoms with Gasteiger partial charge in [0.2, 0.25) is 5.91 Å². The van der Waals surface area contributed by atoms with Crippen molar-refractivity contribution < 1.29 is 9.59 Å². The highest BCUT2D eigenvalue weighted by Crippen LogP contribution is 2.26. The molecule has 0 saturated heterocycles. The molecule has 1 aromatic carbocycles. The molecule has 0 aliphatic heterocycles. The van der Waals surface area contributed by atoms with Crippen LogP contribution in [0.2, 0.25) is 0 Å². The summed E-state index contributed by atoms with van der Waals surface area (Å²) < 4.78 is 2.81. The second-order valence-corrected chi connectivity index (χ2v) is 9.32. The van der Waals surface area contributed by atoms with Crippen LogP contribution >= 0.6 is 34.4 Å². The fourth-order valence-electron chi connectivity index (χ4n) is 2.78. The molecule has 30 heavy (non-hydrogen) atoms. The maximum absolute atomic E-state index is 12.3. The van der Waals surface area contributed by atoms with Gasteiger partial charge in [-0.25, -0.2) is 4.98 Å². The van der Waals surface area contributed by atoms with E-state index in [1.54, 1.807) is 10.6 Å². The Hall–Kier alpha value is -2.76. The van der Waals surface area contributed by atoms with E-state index in [-0.39, 0.29) is 23.6 Å². The maximum Gasteiger partial charge on any atom is 0.261 e. The molecule has 0 aliphatic rings. The second-order valence-electron chi connectivity index (χ2n) is 6.40. The molecule has 0 spiro atoms. The largest absolute Gasteiger partial charge is 0.342 e. The molecule has 8 nitrogen and oxygen atoms in total.